The third-order valence-electron chi connectivity index (χ3n) is 7.10. The zero-order chi connectivity index (χ0) is 28.3. The number of hydrogen-bond donors (Lipinski definition) is 1. The lowest BCUT2D eigenvalue weighted by atomic mass is 9.85. The molecular weight excluding hydrogens is 523 g/mol. The van der Waals surface area contributed by atoms with E-state index in [1.165, 1.54) is 0 Å². The van der Waals surface area contributed by atoms with Gasteiger partial charge in [0, 0.05) is 10.9 Å². The second kappa shape index (κ2) is 9.86. The lowest BCUT2D eigenvalue weighted by Crippen LogP contribution is -2.32. The molecule has 0 saturated carbocycles. The minimum absolute atomic E-state index is 0.183. The van der Waals surface area contributed by atoms with Crippen molar-refractivity contribution in [3.8, 4) is 17.1 Å². The Bertz CT molecular complexity index is 1580. The standard InChI is InChI=1S/C28H33N2O8P/c1-7-28(33)12-25(31)35-14-21-22(28)11-24-26-20(13-30(24)27(21)32)17(6)19-10-18(8-9-23(19)29-26)38-39(34,36-15(2)3)37-16(4)5/h8-11,15-16,33H,7,12-14H2,1-6H3. The number of hydrogen-bond acceptors (Lipinski definition) is 9. The van der Waals surface area contributed by atoms with E-state index in [2.05, 4.69) is 0 Å². The molecule has 2 aliphatic heterocycles. The number of nitrogens with zero attached hydrogens (tertiary/aromatic N) is 2. The molecule has 0 fully saturated rings. The molecular formula is C28H33N2O8P. The highest BCUT2D eigenvalue weighted by molar-refractivity contribution is 7.49. The quantitative estimate of drug-likeness (QED) is 0.244. The highest BCUT2D eigenvalue weighted by Gasteiger charge is 2.40. The summed E-state index contributed by atoms with van der Waals surface area (Å²) in [6, 6.07) is 6.92. The van der Waals surface area contributed by atoms with Crippen LogP contribution in [-0.4, -0.2) is 32.8 Å². The minimum Gasteiger partial charge on any atom is -0.460 e. The number of aromatic nitrogens is 2. The summed E-state index contributed by atoms with van der Waals surface area (Å²) in [5, 5.41) is 12.1. The van der Waals surface area contributed by atoms with Gasteiger partial charge in [0.05, 0.1) is 47.6 Å². The molecule has 0 aliphatic carbocycles. The lowest BCUT2D eigenvalue weighted by Gasteiger charge is -2.26. The number of carbonyl (C=O) groups excluding carboxylic acids is 1. The SMILES string of the molecule is CCC1(O)CC(=O)OCc2c1cc1n(c2=O)Cc2c-1nc1ccc(OP(=O)(OC(C)C)OC(C)C)cc1c2C. The van der Waals surface area contributed by atoms with Gasteiger partial charge in [-0.2, -0.15) is 0 Å². The molecule has 1 unspecified atom stereocenters. The first-order valence-electron chi connectivity index (χ1n) is 13.1. The summed E-state index contributed by atoms with van der Waals surface area (Å²) >= 11 is 0. The van der Waals surface area contributed by atoms with Crippen molar-refractivity contribution in [2.24, 2.45) is 0 Å². The van der Waals surface area contributed by atoms with Crippen LogP contribution in [0.5, 0.6) is 5.75 Å². The zero-order valence-electron chi connectivity index (χ0n) is 22.9. The van der Waals surface area contributed by atoms with E-state index in [-0.39, 0.29) is 49.3 Å². The predicted molar refractivity (Wildman–Crippen MR) is 145 cm³/mol. The van der Waals surface area contributed by atoms with Crippen molar-refractivity contribution in [1.82, 2.24) is 9.55 Å². The second-order valence-corrected chi connectivity index (χ2v) is 12.1. The van der Waals surface area contributed by atoms with Gasteiger partial charge in [-0.05, 0) is 76.4 Å². The number of cyclic esters (lactones) is 1. The average Bonchev–Trinajstić information content (AvgIpc) is 3.15. The molecule has 11 heteroatoms. The monoisotopic (exact) mass is 556 g/mol. The van der Waals surface area contributed by atoms with Gasteiger partial charge in [-0.15, -0.1) is 0 Å². The van der Waals surface area contributed by atoms with Gasteiger partial charge < -0.3 is 18.9 Å². The van der Waals surface area contributed by atoms with Gasteiger partial charge in [0.15, 0.2) is 0 Å². The van der Waals surface area contributed by atoms with E-state index >= 15 is 0 Å². The maximum absolute atomic E-state index is 13.6. The number of benzene rings is 1. The fraction of sp³-hybridized carbons (Fsp3) is 0.464. The summed E-state index contributed by atoms with van der Waals surface area (Å²) in [6.07, 6.45) is -0.711. The van der Waals surface area contributed by atoms with Gasteiger partial charge in [-0.3, -0.25) is 18.6 Å². The van der Waals surface area contributed by atoms with Crippen LogP contribution in [0.3, 0.4) is 0 Å². The molecule has 4 heterocycles. The Hall–Kier alpha value is -3.04. The molecule has 3 aromatic rings. The molecule has 0 radical (unpaired) electrons. The van der Waals surface area contributed by atoms with Crippen LogP contribution in [0.2, 0.25) is 0 Å². The maximum Gasteiger partial charge on any atom is 0.530 e. The number of rotatable bonds is 7. The summed E-state index contributed by atoms with van der Waals surface area (Å²) in [7, 11) is -3.88. The van der Waals surface area contributed by atoms with Crippen LogP contribution in [0.4, 0.5) is 0 Å². The minimum atomic E-state index is -3.88. The van der Waals surface area contributed by atoms with Crippen LogP contribution in [0.25, 0.3) is 22.3 Å². The van der Waals surface area contributed by atoms with E-state index < -0.39 is 19.4 Å². The van der Waals surface area contributed by atoms with Crippen LogP contribution in [0.1, 0.15) is 69.7 Å². The summed E-state index contributed by atoms with van der Waals surface area (Å²) < 4.78 is 36.9. The molecule has 1 N–H and O–H groups in total. The van der Waals surface area contributed by atoms with E-state index in [1.54, 1.807) is 63.5 Å². The van der Waals surface area contributed by atoms with Crippen LogP contribution in [0, 0.1) is 6.92 Å². The number of fused-ring (bicyclic) bond motifs is 5. The van der Waals surface area contributed by atoms with Crippen molar-refractivity contribution in [3.63, 3.8) is 0 Å². The first kappa shape index (κ1) is 27.5. The number of aryl methyl sites for hydroxylation is 1. The van der Waals surface area contributed by atoms with E-state index in [0.29, 0.717) is 28.2 Å². The third-order valence-corrected chi connectivity index (χ3v) is 8.89. The van der Waals surface area contributed by atoms with Gasteiger partial charge in [0.25, 0.3) is 5.56 Å². The normalized spacial score (nSPS) is 18.6. The Morgan fingerprint density at radius 3 is 2.46 bits per heavy atom. The first-order valence-corrected chi connectivity index (χ1v) is 14.6. The molecule has 208 valence electrons. The van der Waals surface area contributed by atoms with Gasteiger partial charge in [-0.25, -0.2) is 9.55 Å². The summed E-state index contributed by atoms with van der Waals surface area (Å²) in [5.74, 6) is -0.230. The Kier molecular flexibility index (Phi) is 6.96. The summed E-state index contributed by atoms with van der Waals surface area (Å²) in [5.41, 5.74) is 2.51. The second-order valence-electron chi connectivity index (χ2n) is 10.6. The van der Waals surface area contributed by atoms with E-state index in [4.69, 9.17) is 23.3 Å². The largest absolute Gasteiger partial charge is 0.530 e. The molecule has 10 nitrogen and oxygen atoms in total. The predicted octanol–water partition coefficient (Wildman–Crippen LogP) is 5.12. The van der Waals surface area contributed by atoms with E-state index in [9.17, 15) is 19.3 Å². The Morgan fingerprint density at radius 2 is 1.82 bits per heavy atom. The van der Waals surface area contributed by atoms with Crippen LogP contribution >= 0.6 is 7.82 Å². The topological polar surface area (TPSA) is 126 Å². The molecule has 39 heavy (non-hydrogen) atoms. The fourth-order valence-electron chi connectivity index (χ4n) is 5.22. The van der Waals surface area contributed by atoms with Gasteiger partial charge in [-0.1, -0.05) is 6.92 Å². The number of esters is 1. The molecule has 0 spiro atoms. The Labute approximate surface area is 226 Å². The number of ether oxygens (including phenoxy) is 1. The number of pyridine rings is 2. The molecule has 2 aromatic heterocycles. The van der Waals surface area contributed by atoms with Crippen LogP contribution in [0.15, 0.2) is 29.1 Å². The maximum atomic E-state index is 13.6. The third kappa shape index (κ3) is 4.91. The number of aliphatic hydroxyl groups is 1. The van der Waals surface area contributed by atoms with Crippen LogP contribution in [-0.2, 0) is 41.9 Å². The Balaban J connectivity index is 1.60. The van der Waals surface area contributed by atoms with Gasteiger partial charge in [0.1, 0.15) is 18.0 Å². The molecule has 0 saturated heterocycles. The Morgan fingerprint density at radius 1 is 1.13 bits per heavy atom. The molecule has 1 aromatic carbocycles. The van der Waals surface area contributed by atoms with Crippen molar-refractivity contribution < 1.29 is 32.8 Å². The van der Waals surface area contributed by atoms with Crippen LogP contribution < -0.4 is 10.1 Å². The van der Waals surface area contributed by atoms with E-state index in [1.807, 2.05) is 6.92 Å². The zero-order valence-corrected chi connectivity index (χ0v) is 23.8. The van der Waals surface area contributed by atoms with Crippen molar-refractivity contribution in [2.75, 3.05) is 0 Å². The summed E-state index contributed by atoms with van der Waals surface area (Å²) in [4.78, 5) is 30.6. The van der Waals surface area contributed by atoms with Crippen molar-refractivity contribution in [3.05, 3.63) is 56.9 Å². The highest BCUT2D eigenvalue weighted by atomic mass is 31.2. The first-order chi connectivity index (χ1) is 18.3. The van der Waals surface area contributed by atoms with Gasteiger partial charge >= 0.3 is 13.8 Å². The highest BCUT2D eigenvalue weighted by Crippen LogP contribution is 2.52. The summed E-state index contributed by atoms with van der Waals surface area (Å²) in [6.45, 7) is 10.8. The number of phosphoric acid groups is 1. The van der Waals surface area contributed by atoms with Gasteiger partial charge in [0.2, 0.25) is 0 Å². The lowest BCUT2D eigenvalue weighted by molar-refractivity contribution is -0.149. The van der Waals surface area contributed by atoms with E-state index in [0.717, 1.165) is 16.5 Å². The fourth-order valence-corrected chi connectivity index (χ4v) is 6.77. The molecule has 0 bridgehead atoms. The van der Waals surface area contributed by atoms with Crippen molar-refractivity contribution >= 4 is 24.7 Å². The number of phosphoric ester groups is 1. The van der Waals surface area contributed by atoms with Crippen molar-refractivity contribution in [2.45, 2.75) is 85.3 Å². The smallest absolute Gasteiger partial charge is 0.460 e. The average molecular weight is 557 g/mol. The molecule has 1 atom stereocenters. The molecule has 2 aliphatic rings. The number of carbonyl (C=O) groups is 1. The van der Waals surface area contributed by atoms with Crippen molar-refractivity contribution in [1.29, 1.82) is 0 Å². The molecule has 0 amide bonds. The molecule has 5 rings (SSSR count).